The quantitative estimate of drug-likeness (QED) is 0.314. The number of hydrogen-bond acceptors (Lipinski definition) is 3. The molecule has 0 aliphatic heterocycles. The van der Waals surface area contributed by atoms with Crippen LogP contribution in [0.3, 0.4) is 0 Å². The highest BCUT2D eigenvalue weighted by molar-refractivity contribution is 6.31. The van der Waals surface area contributed by atoms with Crippen molar-refractivity contribution in [3.05, 3.63) is 98.9 Å². The molecule has 8 heteroatoms. The summed E-state index contributed by atoms with van der Waals surface area (Å²) in [6.45, 7) is 0.945. The molecule has 0 atom stereocenters. The van der Waals surface area contributed by atoms with E-state index in [9.17, 15) is 14.3 Å². The van der Waals surface area contributed by atoms with Gasteiger partial charge in [-0.25, -0.2) is 9.18 Å². The standard InChI is InChI=1S/C25H21Cl2FN2O3/c1-33-18-8-9-19-20(13-29-12-15-4-2-3-5-21(15)26)24(25(31)32)30(23(19)11-18)14-16-6-7-17(28)10-22(16)27/h2-11,29H,12-14H2,1H3,(H,31,32). The highest BCUT2D eigenvalue weighted by Gasteiger charge is 2.23. The van der Waals surface area contributed by atoms with Crippen LogP contribution >= 0.6 is 23.2 Å². The summed E-state index contributed by atoms with van der Waals surface area (Å²) in [6, 6.07) is 17.0. The van der Waals surface area contributed by atoms with Crippen molar-refractivity contribution in [2.75, 3.05) is 7.11 Å². The van der Waals surface area contributed by atoms with Crippen LogP contribution < -0.4 is 10.1 Å². The van der Waals surface area contributed by atoms with Crippen molar-refractivity contribution in [3.8, 4) is 5.75 Å². The van der Waals surface area contributed by atoms with E-state index in [2.05, 4.69) is 5.32 Å². The van der Waals surface area contributed by atoms with E-state index in [0.29, 0.717) is 40.5 Å². The minimum atomic E-state index is -1.07. The van der Waals surface area contributed by atoms with Gasteiger partial charge in [0, 0.05) is 46.7 Å². The molecule has 0 bridgehead atoms. The lowest BCUT2D eigenvalue weighted by Crippen LogP contribution is -2.17. The Labute approximate surface area is 200 Å². The Morgan fingerprint density at radius 1 is 1.03 bits per heavy atom. The van der Waals surface area contributed by atoms with E-state index >= 15 is 0 Å². The third kappa shape index (κ3) is 4.83. The van der Waals surface area contributed by atoms with Crippen molar-refractivity contribution in [2.24, 2.45) is 0 Å². The van der Waals surface area contributed by atoms with Gasteiger partial charge < -0.3 is 19.7 Å². The van der Waals surface area contributed by atoms with E-state index in [0.717, 1.165) is 10.9 Å². The summed E-state index contributed by atoms with van der Waals surface area (Å²) >= 11 is 12.5. The van der Waals surface area contributed by atoms with E-state index in [1.807, 2.05) is 30.3 Å². The second-order valence-electron chi connectivity index (χ2n) is 7.53. The zero-order chi connectivity index (χ0) is 23.5. The second kappa shape index (κ2) is 9.83. The first-order valence-electron chi connectivity index (χ1n) is 10.2. The molecular weight excluding hydrogens is 466 g/mol. The van der Waals surface area contributed by atoms with E-state index < -0.39 is 11.8 Å². The zero-order valence-corrected chi connectivity index (χ0v) is 19.3. The summed E-state index contributed by atoms with van der Waals surface area (Å²) in [4.78, 5) is 12.4. The average molecular weight is 487 g/mol. The summed E-state index contributed by atoms with van der Waals surface area (Å²) < 4.78 is 20.6. The normalized spacial score (nSPS) is 11.2. The van der Waals surface area contributed by atoms with Crippen molar-refractivity contribution in [1.82, 2.24) is 9.88 Å². The van der Waals surface area contributed by atoms with E-state index in [4.69, 9.17) is 27.9 Å². The summed E-state index contributed by atoms with van der Waals surface area (Å²) in [5.74, 6) is -0.928. The molecule has 5 nitrogen and oxygen atoms in total. The summed E-state index contributed by atoms with van der Waals surface area (Å²) in [5.41, 5.74) is 2.97. The Kier molecular flexibility index (Phi) is 6.88. The van der Waals surface area contributed by atoms with Gasteiger partial charge in [-0.2, -0.15) is 0 Å². The van der Waals surface area contributed by atoms with Crippen LogP contribution in [-0.4, -0.2) is 22.8 Å². The number of carboxylic acid groups (broad SMARTS) is 1. The van der Waals surface area contributed by atoms with Crippen molar-refractivity contribution < 1.29 is 19.0 Å². The molecule has 4 aromatic rings. The molecule has 0 spiro atoms. The van der Waals surface area contributed by atoms with Gasteiger partial charge in [0.2, 0.25) is 0 Å². The molecule has 33 heavy (non-hydrogen) atoms. The van der Waals surface area contributed by atoms with E-state index in [-0.39, 0.29) is 17.3 Å². The number of fused-ring (bicyclic) bond motifs is 1. The predicted octanol–water partition coefficient (Wildman–Crippen LogP) is 6.13. The third-order valence-electron chi connectivity index (χ3n) is 5.50. The molecule has 0 aliphatic rings. The fraction of sp³-hybridized carbons (Fsp3) is 0.160. The molecule has 1 heterocycles. The fourth-order valence-corrected chi connectivity index (χ4v) is 4.33. The minimum Gasteiger partial charge on any atom is -0.497 e. The van der Waals surface area contributed by atoms with Crippen molar-refractivity contribution >= 4 is 40.1 Å². The van der Waals surface area contributed by atoms with Crippen molar-refractivity contribution in [2.45, 2.75) is 19.6 Å². The number of carbonyl (C=O) groups is 1. The Morgan fingerprint density at radius 2 is 1.82 bits per heavy atom. The monoisotopic (exact) mass is 486 g/mol. The summed E-state index contributed by atoms with van der Waals surface area (Å²) in [7, 11) is 1.55. The Balaban J connectivity index is 1.77. The number of nitrogens with zero attached hydrogens (tertiary/aromatic N) is 1. The number of rotatable bonds is 8. The van der Waals surface area contributed by atoms with Gasteiger partial charge in [-0.05, 0) is 41.5 Å². The molecule has 1 aromatic heterocycles. The molecule has 170 valence electrons. The van der Waals surface area contributed by atoms with Gasteiger partial charge in [-0.15, -0.1) is 0 Å². The van der Waals surface area contributed by atoms with Crippen molar-refractivity contribution in [3.63, 3.8) is 0 Å². The Morgan fingerprint density at radius 3 is 2.52 bits per heavy atom. The molecule has 0 aliphatic carbocycles. The first kappa shape index (κ1) is 23.1. The molecule has 0 saturated carbocycles. The van der Waals surface area contributed by atoms with Crippen LogP contribution in [0.25, 0.3) is 10.9 Å². The molecule has 0 unspecified atom stereocenters. The highest BCUT2D eigenvalue weighted by atomic mass is 35.5. The maximum atomic E-state index is 13.5. The van der Waals surface area contributed by atoms with Crippen LogP contribution in [0.2, 0.25) is 10.0 Å². The van der Waals surface area contributed by atoms with E-state index in [1.165, 1.54) is 12.1 Å². The number of carboxylic acids is 1. The van der Waals surface area contributed by atoms with Crippen LogP contribution in [0, 0.1) is 5.82 Å². The van der Waals surface area contributed by atoms with Crippen LogP contribution in [0.4, 0.5) is 4.39 Å². The van der Waals surface area contributed by atoms with E-state index in [1.54, 1.807) is 29.9 Å². The molecule has 4 rings (SSSR count). The molecule has 0 amide bonds. The molecule has 0 saturated heterocycles. The summed E-state index contributed by atoms with van der Waals surface area (Å²) in [5, 5.41) is 15.1. The first-order chi connectivity index (χ1) is 15.9. The summed E-state index contributed by atoms with van der Waals surface area (Å²) in [6.07, 6.45) is 0. The van der Waals surface area contributed by atoms with Crippen LogP contribution in [0.5, 0.6) is 5.75 Å². The van der Waals surface area contributed by atoms with Crippen LogP contribution in [0.15, 0.2) is 60.7 Å². The SMILES string of the molecule is COc1ccc2c(CNCc3ccccc3Cl)c(C(=O)O)n(Cc3ccc(F)cc3Cl)c2c1. The Hall–Kier alpha value is -3.06. The molecule has 2 N–H and O–H groups in total. The highest BCUT2D eigenvalue weighted by Crippen LogP contribution is 2.32. The van der Waals surface area contributed by atoms with Gasteiger partial charge in [0.15, 0.2) is 0 Å². The molecule has 3 aromatic carbocycles. The van der Waals surface area contributed by atoms with Gasteiger partial charge >= 0.3 is 5.97 Å². The number of ether oxygens (including phenoxy) is 1. The molecule has 0 fully saturated rings. The van der Waals surface area contributed by atoms with Crippen LogP contribution in [0.1, 0.15) is 27.2 Å². The van der Waals surface area contributed by atoms with Gasteiger partial charge in [0.05, 0.1) is 12.6 Å². The average Bonchev–Trinajstić information content (AvgIpc) is 3.09. The van der Waals surface area contributed by atoms with Gasteiger partial charge in [-0.3, -0.25) is 0 Å². The number of aromatic carboxylic acids is 1. The molecule has 0 radical (unpaired) electrons. The third-order valence-corrected chi connectivity index (χ3v) is 6.22. The maximum Gasteiger partial charge on any atom is 0.352 e. The smallest absolute Gasteiger partial charge is 0.352 e. The number of hydrogen-bond donors (Lipinski definition) is 2. The number of benzene rings is 3. The topological polar surface area (TPSA) is 63.5 Å². The maximum absolute atomic E-state index is 13.5. The first-order valence-corrected chi connectivity index (χ1v) is 10.9. The lowest BCUT2D eigenvalue weighted by Gasteiger charge is -2.12. The predicted molar refractivity (Wildman–Crippen MR) is 128 cm³/mol. The fourth-order valence-electron chi connectivity index (χ4n) is 3.90. The lowest BCUT2D eigenvalue weighted by molar-refractivity contribution is 0.0684. The Bertz CT molecular complexity index is 1340. The van der Waals surface area contributed by atoms with Crippen LogP contribution in [-0.2, 0) is 19.6 Å². The number of methoxy groups -OCH3 is 1. The minimum absolute atomic E-state index is 0.130. The van der Waals surface area contributed by atoms with Gasteiger partial charge in [-0.1, -0.05) is 47.5 Å². The zero-order valence-electron chi connectivity index (χ0n) is 17.7. The second-order valence-corrected chi connectivity index (χ2v) is 8.35. The van der Waals surface area contributed by atoms with Gasteiger partial charge in [0.25, 0.3) is 0 Å². The molecular formula is C25H21Cl2FN2O3. The number of halogens is 3. The largest absolute Gasteiger partial charge is 0.497 e. The number of nitrogens with one attached hydrogen (secondary N) is 1. The lowest BCUT2D eigenvalue weighted by atomic mass is 10.1. The van der Waals surface area contributed by atoms with Crippen molar-refractivity contribution in [1.29, 1.82) is 0 Å². The number of aromatic nitrogens is 1. The van der Waals surface area contributed by atoms with Gasteiger partial charge in [0.1, 0.15) is 17.3 Å².